The quantitative estimate of drug-likeness (QED) is 0.469. The zero-order valence-corrected chi connectivity index (χ0v) is 21.2. The number of rotatable bonds is 9. The Morgan fingerprint density at radius 1 is 1.24 bits per heavy atom. The van der Waals surface area contributed by atoms with Crippen LogP contribution in [0.2, 0.25) is 0 Å². The van der Waals surface area contributed by atoms with Crippen LogP contribution in [0.4, 0.5) is 4.39 Å². The second-order valence-electron chi connectivity index (χ2n) is 10.2. The van der Waals surface area contributed by atoms with E-state index in [9.17, 15) is 18.8 Å². The van der Waals surface area contributed by atoms with Gasteiger partial charge in [-0.05, 0) is 56.5 Å². The number of nitrogens with two attached hydrogens (primary N) is 1. The number of nitrogens with one attached hydrogen (secondary N) is 2. The third kappa shape index (κ3) is 5.70. The highest BCUT2D eigenvalue weighted by atomic mass is 19.1. The molecule has 0 aliphatic carbocycles. The number of Topliss-reactive ketones (excluding diaryl/α,β-unsaturated/α-hetero) is 1. The summed E-state index contributed by atoms with van der Waals surface area (Å²) >= 11 is 0. The van der Waals surface area contributed by atoms with E-state index < -0.39 is 34.8 Å². The molecule has 0 radical (unpaired) electrons. The van der Waals surface area contributed by atoms with Crippen molar-refractivity contribution in [3.05, 3.63) is 66.0 Å². The summed E-state index contributed by atoms with van der Waals surface area (Å²) in [7, 11) is 1.61. The lowest BCUT2D eigenvalue weighted by Gasteiger charge is -2.38. The van der Waals surface area contributed by atoms with Gasteiger partial charge >= 0.3 is 0 Å². The smallest absolute Gasteiger partial charge is 0.254 e. The molecule has 10 heteroatoms. The van der Waals surface area contributed by atoms with Crippen LogP contribution < -0.4 is 21.1 Å². The van der Waals surface area contributed by atoms with Gasteiger partial charge in [0.2, 0.25) is 5.91 Å². The minimum atomic E-state index is -1.23. The van der Waals surface area contributed by atoms with Crippen LogP contribution in [-0.4, -0.2) is 66.1 Å². The van der Waals surface area contributed by atoms with Gasteiger partial charge in [0.15, 0.2) is 5.78 Å². The molecule has 0 spiro atoms. The molecule has 9 nitrogen and oxygen atoms in total. The second-order valence-corrected chi connectivity index (χ2v) is 10.2. The van der Waals surface area contributed by atoms with Gasteiger partial charge in [0, 0.05) is 13.6 Å². The van der Waals surface area contributed by atoms with E-state index in [0.29, 0.717) is 17.9 Å². The van der Waals surface area contributed by atoms with Gasteiger partial charge < -0.3 is 21.1 Å². The molecule has 2 aromatic rings. The predicted molar refractivity (Wildman–Crippen MR) is 136 cm³/mol. The summed E-state index contributed by atoms with van der Waals surface area (Å²) in [5, 5.41) is 11.7. The first-order chi connectivity index (χ1) is 17.5. The van der Waals surface area contributed by atoms with Crippen molar-refractivity contribution in [2.24, 2.45) is 16.3 Å². The molecule has 2 amide bonds. The molecule has 0 saturated carbocycles. The van der Waals surface area contributed by atoms with Crippen molar-refractivity contribution in [3.8, 4) is 5.75 Å². The maximum absolute atomic E-state index is 13.8. The van der Waals surface area contributed by atoms with E-state index in [4.69, 9.17) is 10.5 Å². The molecule has 1 fully saturated rings. The minimum Gasteiger partial charge on any atom is -0.491 e. The number of nitrogens with zero attached hydrogens (tertiary/aromatic N) is 2. The summed E-state index contributed by atoms with van der Waals surface area (Å²) in [4.78, 5) is 39.9. The fourth-order valence-electron chi connectivity index (χ4n) is 4.69. The second kappa shape index (κ2) is 10.4. The van der Waals surface area contributed by atoms with Gasteiger partial charge in [0.25, 0.3) is 5.91 Å². The Labute approximate surface area is 215 Å². The first kappa shape index (κ1) is 26.4. The first-order valence-corrected chi connectivity index (χ1v) is 12.1. The lowest BCUT2D eigenvalue weighted by molar-refractivity contribution is -0.137. The van der Waals surface area contributed by atoms with E-state index in [1.54, 1.807) is 7.05 Å². The van der Waals surface area contributed by atoms with E-state index in [1.807, 2.05) is 30.3 Å². The number of hydrazone groups is 1. The zero-order chi connectivity index (χ0) is 26.8. The fourth-order valence-corrected chi connectivity index (χ4v) is 4.69. The molecular weight excluding hydrogens is 477 g/mol. The molecule has 0 aromatic heterocycles. The molecule has 2 aliphatic heterocycles. The van der Waals surface area contributed by atoms with E-state index in [2.05, 4.69) is 15.7 Å². The molecule has 4 N–H and O–H groups in total. The Hall–Kier alpha value is -3.63. The number of piperidine rings is 1. The number of ether oxygens (including phenoxy) is 1. The van der Waals surface area contributed by atoms with Gasteiger partial charge in [-0.15, -0.1) is 0 Å². The molecule has 37 heavy (non-hydrogen) atoms. The maximum atomic E-state index is 13.8. The molecule has 2 heterocycles. The number of carbonyl (C=O) groups is 3. The number of carbonyl (C=O) groups excluding carboxylic acids is 3. The van der Waals surface area contributed by atoms with Gasteiger partial charge in [0.1, 0.15) is 24.2 Å². The summed E-state index contributed by atoms with van der Waals surface area (Å²) in [6.07, 6.45) is 0.581. The van der Waals surface area contributed by atoms with E-state index in [0.717, 1.165) is 5.56 Å². The summed E-state index contributed by atoms with van der Waals surface area (Å²) in [5.41, 5.74) is 5.39. The highest BCUT2D eigenvalue weighted by Crippen LogP contribution is 2.39. The summed E-state index contributed by atoms with van der Waals surface area (Å²) in [6.45, 7) is 3.13. The van der Waals surface area contributed by atoms with Crippen molar-refractivity contribution < 1.29 is 23.5 Å². The molecule has 3 atom stereocenters. The Balaban J connectivity index is 1.58. The van der Waals surface area contributed by atoms with Crippen LogP contribution in [-0.2, 0) is 20.8 Å². The topological polar surface area (TPSA) is 126 Å². The maximum Gasteiger partial charge on any atom is 0.254 e. The normalized spacial score (nSPS) is 22.2. The SMILES string of the molecule is CN1N=C2CNC(C(=O)[C@@H](COc3ccc(F)cc3)NC(=O)C(C)(C)N)C[C@@]2(Cc2ccccc2)C1=O. The van der Waals surface area contributed by atoms with Gasteiger partial charge in [-0.3, -0.25) is 14.4 Å². The van der Waals surface area contributed by atoms with Crippen molar-refractivity contribution in [3.63, 3.8) is 0 Å². The van der Waals surface area contributed by atoms with Crippen LogP contribution >= 0.6 is 0 Å². The third-order valence-electron chi connectivity index (χ3n) is 6.75. The molecular formula is C27H32FN5O4. The van der Waals surface area contributed by atoms with Crippen molar-refractivity contribution in [1.29, 1.82) is 0 Å². The Morgan fingerprint density at radius 2 is 1.92 bits per heavy atom. The fraction of sp³-hybridized carbons (Fsp3) is 0.407. The Bertz CT molecular complexity index is 1200. The number of fused-ring (bicyclic) bond motifs is 1. The van der Waals surface area contributed by atoms with Gasteiger partial charge in [-0.25, -0.2) is 9.40 Å². The number of hydrogen-bond donors (Lipinski definition) is 3. The van der Waals surface area contributed by atoms with Crippen LogP contribution in [0.3, 0.4) is 0 Å². The zero-order valence-electron chi connectivity index (χ0n) is 21.2. The highest BCUT2D eigenvalue weighted by Gasteiger charge is 2.54. The van der Waals surface area contributed by atoms with Crippen molar-refractivity contribution in [2.75, 3.05) is 20.2 Å². The first-order valence-electron chi connectivity index (χ1n) is 12.1. The van der Waals surface area contributed by atoms with Gasteiger partial charge in [0.05, 0.1) is 22.7 Å². The monoisotopic (exact) mass is 509 g/mol. The molecule has 2 aromatic carbocycles. The number of hydrogen-bond acceptors (Lipinski definition) is 7. The average molecular weight is 510 g/mol. The molecule has 0 bridgehead atoms. The molecule has 4 rings (SSSR count). The molecule has 1 unspecified atom stereocenters. The molecule has 1 saturated heterocycles. The van der Waals surface area contributed by atoms with Crippen LogP contribution in [0.25, 0.3) is 0 Å². The van der Waals surface area contributed by atoms with Crippen LogP contribution in [0.15, 0.2) is 59.7 Å². The number of halogens is 1. The Morgan fingerprint density at radius 3 is 2.57 bits per heavy atom. The van der Waals surface area contributed by atoms with E-state index in [-0.39, 0.29) is 31.3 Å². The number of benzene rings is 2. The molecule has 196 valence electrons. The summed E-state index contributed by atoms with van der Waals surface area (Å²) in [5.74, 6) is -1.11. The Kier molecular flexibility index (Phi) is 7.42. The van der Waals surface area contributed by atoms with Gasteiger partial charge in [-0.2, -0.15) is 5.10 Å². The number of ketones is 1. The number of amides is 2. The largest absolute Gasteiger partial charge is 0.491 e. The van der Waals surface area contributed by atoms with Crippen molar-refractivity contribution in [1.82, 2.24) is 15.6 Å². The van der Waals surface area contributed by atoms with Crippen LogP contribution in [0.1, 0.15) is 25.8 Å². The van der Waals surface area contributed by atoms with Crippen LogP contribution in [0.5, 0.6) is 5.75 Å². The van der Waals surface area contributed by atoms with Crippen LogP contribution in [0, 0.1) is 11.2 Å². The van der Waals surface area contributed by atoms with E-state index in [1.165, 1.54) is 43.1 Å². The third-order valence-corrected chi connectivity index (χ3v) is 6.75. The average Bonchev–Trinajstić information content (AvgIpc) is 3.11. The minimum absolute atomic E-state index is 0.170. The van der Waals surface area contributed by atoms with Crippen molar-refractivity contribution in [2.45, 2.75) is 44.3 Å². The van der Waals surface area contributed by atoms with Gasteiger partial charge in [-0.1, -0.05) is 30.3 Å². The summed E-state index contributed by atoms with van der Waals surface area (Å²) < 4.78 is 19.0. The predicted octanol–water partition coefficient (Wildman–Crippen LogP) is 1.41. The van der Waals surface area contributed by atoms with E-state index >= 15 is 0 Å². The standard InChI is InChI=1S/C27H32FN5O4/c1-26(2,29)24(35)31-21(16-37-19-11-9-18(28)10-12-19)23(34)20-14-27(13-17-7-5-4-6-8-17)22(15-30-20)32-33(3)25(27)36/h4-12,20-21,30H,13-16,29H2,1-3H3,(H,31,35)/t20?,21-,27-/m1/s1. The molecule has 2 aliphatic rings. The summed E-state index contributed by atoms with van der Waals surface area (Å²) in [6, 6.07) is 13.2. The van der Waals surface area contributed by atoms with Crippen molar-refractivity contribution >= 4 is 23.3 Å². The highest BCUT2D eigenvalue weighted by molar-refractivity contribution is 6.14. The lowest BCUT2D eigenvalue weighted by Crippen LogP contribution is -2.62. The lowest BCUT2D eigenvalue weighted by atomic mass is 9.69.